The minimum Gasteiger partial charge on any atom is -0.481 e. The third-order valence-electron chi connectivity index (χ3n) is 3.42. The fourth-order valence-corrected chi connectivity index (χ4v) is 3.22. The standard InChI is InChI=1S/C13H17NOS/c1-2-13-12(15-9-16-13)8-11(1)7-10-3-5-14-6-4-10/h1-2,8,10,14H,3-7,9H2. The Kier molecular flexibility index (Phi) is 3.06. The lowest BCUT2D eigenvalue weighted by Crippen LogP contribution is -2.28. The molecule has 86 valence electrons. The second-order valence-electron chi connectivity index (χ2n) is 4.59. The van der Waals surface area contributed by atoms with Crippen LogP contribution in [0.1, 0.15) is 18.4 Å². The predicted octanol–water partition coefficient (Wildman–Crippen LogP) is 2.67. The Morgan fingerprint density at radius 1 is 1.31 bits per heavy atom. The molecule has 2 nitrogen and oxygen atoms in total. The fraction of sp³-hybridized carbons (Fsp3) is 0.538. The lowest BCUT2D eigenvalue weighted by molar-refractivity contribution is 0.370. The number of ether oxygens (including phenoxy) is 1. The van der Waals surface area contributed by atoms with Crippen molar-refractivity contribution in [2.45, 2.75) is 24.2 Å². The zero-order valence-electron chi connectivity index (χ0n) is 9.37. The minimum atomic E-state index is 0.784. The highest BCUT2D eigenvalue weighted by Gasteiger charge is 2.16. The lowest BCUT2D eigenvalue weighted by Gasteiger charge is -2.22. The van der Waals surface area contributed by atoms with Crippen LogP contribution < -0.4 is 10.1 Å². The van der Waals surface area contributed by atoms with Crippen molar-refractivity contribution in [3.63, 3.8) is 0 Å². The maximum absolute atomic E-state index is 5.58. The number of fused-ring (bicyclic) bond motifs is 1. The van der Waals surface area contributed by atoms with Crippen LogP contribution in [0.2, 0.25) is 0 Å². The second kappa shape index (κ2) is 4.68. The SMILES string of the molecule is c1cc2c(cc1CC1CCNCC1)OCS2. The summed E-state index contributed by atoms with van der Waals surface area (Å²) in [4.78, 5) is 1.30. The first-order valence-corrected chi connectivity index (χ1v) is 6.99. The molecule has 0 aromatic heterocycles. The van der Waals surface area contributed by atoms with E-state index in [-0.39, 0.29) is 0 Å². The molecular formula is C13H17NOS. The summed E-state index contributed by atoms with van der Waals surface area (Å²) < 4.78 is 5.58. The second-order valence-corrected chi connectivity index (χ2v) is 5.55. The molecule has 0 amide bonds. The van der Waals surface area contributed by atoms with Gasteiger partial charge in [-0.25, -0.2) is 0 Å². The summed E-state index contributed by atoms with van der Waals surface area (Å²) in [5, 5.41) is 3.41. The first kappa shape index (κ1) is 10.5. The van der Waals surface area contributed by atoms with Crippen molar-refractivity contribution in [1.82, 2.24) is 5.32 Å². The highest BCUT2D eigenvalue weighted by Crippen LogP contribution is 2.37. The van der Waals surface area contributed by atoms with Gasteiger partial charge in [0.1, 0.15) is 11.7 Å². The minimum absolute atomic E-state index is 0.784. The largest absolute Gasteiger partial charge is 0.481 e. The monoisotopic (exact) mass is 235 g/mol. The van der Waals surface area contributed by atoms with Crippen LogP contribution in [0, 0.1) is 5.92 Å². The van der Waals surface area contributed by atoms with Crippen LogP contribution in [0.25, 0.3) is 0 Å². The molecule has 0 atom stereocenters. The average molecular weight is 235 g/mol. The molecule has 0 spiro atoms. The molecule has 3 rings (SSSR count). The molecule has 0 unspecified atom stereocenters. The van der Waals surface area contributed by atoms with E-state index in [4.69, 9.17) is 4.74 Å². The van der Waals surface area contributed by atoms with Gasteiger partial charge < -0.3 is 10.1 Å². The number of hydrogen-bond acceptors (Lipinski definition) is 3. The maximum atomic E-state index is 5.58. The van der Waals surface area contributed by atoms with Crippen molar-refractivity contribution in [2.75, 3.05) is 19.0 Å². The van der Waals surface area contributed by atoms with Gasteiger partial charge in [-0.15, -0.1) is 0 Å². The van der Waals surface area contributed by atoms with Crippen molar-refractivity contribution in [2.24, 2.45) is 5.92 Å². The van der Waals surface area contributed by atoms with Gasteiger partial charge in [-0.3, -0.25) is 0 Å². The van der Waals surface area contributed by atoms with Gasteiger partial charge in [0.15, 0.2) is 0 Å². The van der Waals surface area contributed by atoms with Crippen LogP contribution in [0.4, 0.5) is 0 Å². The molecule has 16 heavy (non-hydrogen) atoms. The summed E-state index contributed by atoms with van der Waals surface area (Å²) in [6.07, 6.45) is 3.84. The van der Waals surface area contributed by atoms with E-state index in [1.54, 1.807) is 11.8 Å². The van der Waals surface area contributed by atoms with Crippen LogP contribution in [0.3, 0.4) is 0 Å². The summed E-state index contributed by atoms with van der Waals surface area (Å²) >= 11 is 1.79. The van der Waals surface area contributed by atoms with Crippen LogP contribution in [0.15, 0.2) is 23.1 Å². The molecule has 1 aromatic carbocycles. The Morgan fingerprint density at radius 2 is 2.19 bits per heavy atom. The lowest BCUT2D eigenvalue weighted by atomic mass is 9.91. The third-order valence-corrected chi connectivity index (χ3v) is 4.30. The Morgan fingerprint density at radius 3 is 3.06 bits per heavy atom. The Labute approximate surface area is 101 Å². The summed E-state index contributed by atoms with van der Waals surface area (Å²) in [5.74, 6) is 2.73. The van der Waals surface area contributed by atoms with E-state index < -0.39 is 0 Å². The summed E-state index contributed by atoms with van der Waals surface area (Å²) in [6.45, 7) is 2.36. The zero-order chi connectivity index (χ0) is 10.8. The van der Waals surface area contributed by atoms with Crippen LogP contribution in [-0.4, -0.2) is 19.0 Å². The van der Waals surface area contributed by atoms with Gasteiger partial charge in [0.05, 0.1) is 4.90 Å². The summed E-state index contributed by atoms with van der Waals surface area (Å²) in [6, 6.07) is 6.71. The molecule has 1 N–H and O–H groups in total. The van der Waals surface area contributed by atoms with Gasteiger partial charge in [-0.05, 0) is 56.0 Å². The molecule has 3 heteroatoms. The van der Waals surface area contributed by atoms with Gasteiger partial charge in [-0.2, -0.15) is 0 Å². The van der Waals surface area contributed by atoms with E-state index in [1.807, 2.05) is 0 Å². The Bertz CT molecular complexity index is 374. The normalized spacial score (nSPS) is 20.5. The number of thioether (sulfide) groups is 1. The van der Waals surface area contributed by atoms with Crippen molar-refractivity contribution < 1.29 is 4.74 Å². The molecule has 2 heterocycles. The van der Waals surface area contributed by atoms with Crippen molar-refractivity contribution in [3.8, 4) is 5.75 Å². The molecular weight excluding hydrogens is 218 g/mol. The van der Waals surface area contributed by atoms with Crippen molar-refractivity contribution >= 4 is 11.8 Å². The number of hydrogen-bond donors (Lipinski definition) is 1. The van der Waals surface area contributed by atoms with E-state index in [0.29, 0.717) is 0 Å². The number of benzene rings is 1. The first-order chi connectivity index (χ1) is 7.92. The van der Waals surface area contributed by atoms with Crippen LogP contribution in [0.5, 0.6) is 5.75 Å². The van der Waals surface area contributed by atoms with Gasteiger partial charge in [-0.1, -0.05) is 17.8 Å². The van der Waals surface area contributed by atoms with E-state index in [1.165, 1.54) is 42.8 Å². The molecule has 1 fully saturated rings. The maximum Gasteiger partial charge on any atom is 0.138 e. The molecule has 0 radical (unpaired) electrons. The Balaban J connectivity index is 1.69. The van der Waals surface area contributed by atoms with Gasteiger partial charge >= 0.3 is 0 Å². The fourth-order valence-electron chi connectivity index (χ4n) is 2.49. The van der Waals surface area contributed by atoms with E-state index in [2.05, 4.69) is 23.5 Å². The topological polar surface area (TPSA) is 21.3 Å². The van der Waals surface area contributed by atoms with E-state index in [0.717, 1.165) is 17.6 Å². The van der Waals surface area contributed by atoms with Gasteiger partial charge in [0, 0.05) is 0 Å². The predicted molar refractivity (Wildman–Crippen MR) is 67.1 cm³/mol. The highest BCUT2D eigenvalue weighted by molar-refractivity contribution is 7.99. The van der Waals surface area contributed by atoms with E-state index >= 15 is 0 Å². The van der Waals surface area contributed by atoms with Crippen molar-refractivity contribution in [1.29, 1.82) is 0 Å². The van der Waals surface area contributed by atoms with Gasteiger partial charge in [0.25, 0.3) is 0 Å². The number of piperidine rings is 1. The molecule has 0 saturated carbocycles. The van der Waals surface area contributed by atoms with Gasteiger partial charge in [0.2, 0.25) is 0 Å². The van der Waals surface area contributed by atoms with Crippen LogP contribution >= 0.6 is 11.8 Å². The number of rotatable bonds is 2. The average Bonchev–Trinajstić information content (AvgIpc) is 2.77. The molecule has 0 bridgehead atoms. The third kappa shape index (κ3) is 2.20. The van der Waals surface area contributed by atoms with Crippen LogP contribution in [-0.2, 0) is 6.42 Å². The molecule has 1 aromatic rings. The molecule has 2 aliphatic rings. The quantitative estimate of drug-likeness (QED) is 0.851. The first-order valence-electron chi connectivity index (χ1n) is 6.01. The number of nitrogens with one attached hydrogen (secondary N) is 1. The smallest absolute Gasteiger partial charge is 0.138 e. The van der Waals surface area contributed by atoms with Crippen molar-refractivity contribution in [3.05, 3.63) is 23.8 Å². The molecule has 1 saturated heterocycles. The molecule has 0 aliphatic carbocycles. The summed E-state index contributed by atoms with van der Waals surface area (Å²) in [5.41, 5.74) is 1.44. The highest BCUT2D eigenvalue weighted by atomic mass is 32.2. The Hall–Kier alpha value is -0.670. The molecule has 2 aliphatic heterocycles. The summed E-state index contributed by atoms with van der Waals surface area (Å²) in [7, 11) is 0. The zero-order valence-corrected chi connectivity index (χ0v) is 10.2. The van der Waals surface area contributed by atoms with E-state index in [9.17, 15) is 0 Å².